The van der Waals surface area contributed by atoms with Crippen LogP contribution in [0.3, 0.4) is 0 Å². The van der Waals surface area contributed by atoms with E-state index in [9.17, 15) is 22.4 Å². The number of hydrogen-bond acceptors (Lipinski definition) is 2. The van der Waals surface area contributed by atoms with Crippen LogP contribution >= 0.6 is 15.9 Å². The highest BCUT2D eigenvalue weighted by Crippen LogP contribution is 2.18. The highest BCUT2D eigenvalue weighted by molar-refractivity contribution is 9.10. The molecule has 1 N–H and O–H groups in total. The molecule has 2 aromatic rings. The van der Waals surface area contributed by atoms with Crippen molar-refractivity contribution in [3.05, 3.63) is 69.4 Å². The minimum atomic E-state index is -4.35. The van der Waals surface area contributed by atoms with Gasteiger partial charge in [0.15, 0.2) is 0 Å². The molecule has 2 aromatic carbocycles. The topological polar surface area (TPSA) is 38.3 Å². The molecule has 0 atom stereocenters. The van der Waals surface area contributed by atoms with Crippen LogP contribution in [0.5, 0.6) is 0 Å². The predicted octanol–water partition coefficient (Wildman–Crippen LogP) is 4.60. The Labute approximate surface area is 150 Å². The molecule has 2 rings (SSSR count). The van der Waals surface area contributed by atoms with Gasteiger partial charge in [-0.2, -0.15) is 13.2 Å². The van der Waals surface area contributed by atoms with Crippen LogP contribution in [-0.2, 0) is 17.9 Å². The first-order chi connectivity index (χ1) is 11.7. The van der Waals surface area contributed by atoms with Gasteiger partial charge < -0.3 is 10.1 Å². The summed E-state index contributed by atoms with van der Waals surface area (Å²) < 4.78 is 54.3. The molecule has 0 aliphatic carbocycles. The van der Waals surface area contributed by atoms with Crippen LogP contribution in [0.25, 0.3) is 0 Å². The molecule has 3 nitrogen and oxygen atoms in total. The van der Waals surface area contributed by atoms with E-state index in [0.29, 0.717) is 10.0 Å². The van der Waals surface area contributed by atoms with E-state index in [4.69, 9.17) is 0 Å². The minimum absolute atomic E-state index is 0.150. The molecule has 1 amide bonds. The third-order valence-corrected chi connectivity index (χ3v) is 3.88. The summed E-state index contributed by atoms with van der Waals surface area (Å²) in [6.45, 7) is -1.25. The van der Waals surface area contributed by atoms with Gasteiger partial charge in [0.1, 0.15) is 12.4 Å². The van der Waals surface area contributed by atoms with Gasteiger partial charge in [0.2, 0.25) is 0 Å². The molecule has 25 heavy (non-hydrogen) atoms. The van der Waals surface area contributed by atoms with Crippen molar-refractivity contribution in [3.63, 3.8) is 0 Å². The van der Waals surface area contributed by atoms with E-state index >= 15 is 0 Å². The number of alkyl halides is 3. The highest BCUT2D eigenvalue weighted by atomic mass is 79.9. The molecule has 0 fully saturated rings. The van der Waals surface area contributed by atoms with E-state index < -0.39 is 24.5 Å². The number of ether oxygens (including phenoxy) is 1. The lowest BCUT2D eigenvalue weighted by Crippen LogP contribution is -2.23. The summed E-state index contributed by atoms with van der Waals surface area (Å²) >= 11 is 3.18. The van der Waals surface area contributed by atoms with E-state index in [2.05, 4.69) is 26.0 Å². The van der Waals surface area contributed by atoms with Crippen LogP contribution in [0.15, 0.2) is 46.9 Å². The van der Waals surface area contributed by atoms with Crippen LogP contribution in [0, 0.1) is 5.82 Å². The third kappa shape index (κ3) is 6.47. The second-order valence-corrected chi connectivity index (χ2v) is 6.09. The van der Waals surface area contributed by atoms with E-state index in [-0.39, 0.29) is 18.7 Å². The summed E-state index contributed by atoms with van der Waals surface area (Å²) in [7, 11) is 0. The number of nitrogens with one attached hydrogen (secondary N) is 1. The van der Waals surface area contributed by atoms with Crippen LogP contribution < -0.4 is 5.32 Å². The standard InChI is InChI=1S/C17H14BrF4NO2/c18-15-6-5-13(19)7-14(15)16(24)23-8-11-1-3-12(4-2-11)9-25-10-17(20,21)22/h1-7H,8-10H2,(H,23,24). The number of carbonyl (C=O) groups excluding carboxylic acids is 1. The van der Waals surface area contributed by atoms with Gasteiger partial charge in [-0.15, -0.1) is 0 Å². The monoisotopic (exact) mass is 419 g/mol. The quantitative estimate of drug-likeness (QED) is 0.695. The van der Waals surface area contributed by atoms with Crippen molar-refractivity contribution in [1.82, 2.24) is 5.32 Å². The van der Waals surface area contributed by atoms with Gasteiger partial charge in [0.25, 0.3) is 5.91 Å². The van der Waals surface area contributed by atoms with Gasteiger partial charge in [-0.25, -0.2) is 4.39 Å². The summed E-state index contributed by atoms with van der Waals surface area (Å²) in [5.41, 5.74) is 1.52. The van der Waals surface area contributed by atoms with E-state index in [1.807, 2.05) is 0 Å². The molecular weight excluding hydrogens is 406 g/mol. The fourth-order valence-corrected chi connectivity index (χ4v) is 2.41. The molecule has 0 aromatic heterocycles. The van der Waals surface area contributed by atoms with E-state index in [0.717, 1.165) is 11.6 Å². The molecule has 8 heteroatoms. The minimum Gasteiger partial charge on any atom is -0.367 e. The second-order valence-electron chi connectivity index (χ2n) is 5.23. The Morgan fingerprint density at radius 2 is 1.72 bits per heavy atom. The van der Waals surface area contributed by atoms with Gasteiger partial charge in [0, 0.05) is 11.0 Å². The summed E-state index contributed by atoms with van der Waals surface area (Å²) in [6, 6.07) is 10.4. The number of carbonyl (C=O) groups is 1. The van der Waals surface area contributed by atoms with Crippen LogP contribution in [0.2, 0.25) is 0 Å². The smallest absolute Gasteiger partial charge is 0.367 e. The predicted molar refractivity (Wildman–Crippen MR) is 87.4 cm³/mol. The molecule has 0 bridgehead atoms. The lowest BCUT2D eigenvalue weighted by molar-refractivity contribution is -0.176. The second kappa shape index (κ2) is 8.44. The first-order valence-electron chi connectivity index (χ1n) is 7.20. The molecule has 0 radical (unpaired) electrons. The SMILES string of the molecule is O=C(NCc1ccc(COCC(F)(F)F)cc1)c1cc(F)ccc1Br. The van der Waals surface area contributed by atoms with Crippen LogP contribution in [0.4, 0.5) is 17.6 Å². The average Bonchev–Trinajstić information content (AvgIpc) is 2.55. The Morgan fingerprint density at radius 3 is 2.36 bits per heavy atom. The first-order valence-corrected chi connectivity index (χ1v) is 7.99. The molecule has 0 spiro atoms. The van der Waals surface area contributed by atoms with Crippen molar-refractivity contribution in [2.45, 2.75) is 19.3 Å². The molecule has 0 heterocycles. The van der Waals surface area contributed by atoms with Gasteiger partial charge in [0.05, 0.1) is 12.2 Å². The number of amides is 1. The number of halogens is 5. The van der Waals surface area contributed by atoms with Gasteiger partial charge in [-0.3, -0.25) is 4.79 Å². The molecule has 0 unspecified atom stereocenters. The maximum atomic E-state index is 13.2. The molecule has 134 valence electrons. The summed E-state index contributed by atoms with van der Waals surface area (Å²) in [4.78, 5) is 12.1. The highest BCUT2D eigenvalue weighted by Gasteiger charge is 2.27. The van der Waals surface area contributed by atoms with Gasteiger partial charge in [-0.05, 0) is 45.3 Å². The van der Waals surface area contributed by atoms with Crippen molar-refractivity contribution in [2.24, 2.45) is 0 Å². The van der Waals surface area contributed by atoms with Crippen molar-refractivity contribution in [1.29, 1.82) is 0 Å². The fraction of sp³-hybridized carbons (Fsp3) is 0.235. The Hall–Kier alpha value is -1.93. The average molecular weight is 420 g/mol. The van der Waals surface area contributed by atoms with Crippen LogP contribution in [0.1, 0.15) is 21.5 Å². The van der Waals surface area contributed by atoms with Gasteiger partial charge in [-0.1, -0.05) is 24.3 Å². The molecular formula is C17H14BrF4NO2. The van der Waals surface area contributed by atoms with E-state index in [1.165, 1.54) is 12.1 Å². The third-order valence-electron chi connectivity index (χ3n) is 3.18. The zero-order valence-corrected chi connectivity index (χ0v) is 14.5. The molecule has 0 aliphatic rings. The van der Waals surface area contributed by atoms with Crippen molar-refractivity contribution in [2.75, 3.05) is 6.61 Å². The maximum absolute atomic E-state index is 13.2. The lowest BCUT2D eigenvalue weighted by atomic mass is 10.1. The lowest BCUT2D eigenvalue weighted by Gasteiger charge is -2.09. The Morgan fingerprint density at radius 1 is 1.08 bits per heavy atom. The summed E-state index contributed by atoms with van der Waals surface area (Å²) in [5, 5.41) is 2.65. The van der Waals surface area contributed by atoms with Gasteiger partial charge >= 0.3 is 6.18 Å². The zero-order chi connectivity index (χ0) is 18.4. The number of hydrogen-bond donors (Lipinski definition) is 1. The Balaban J connectivity index is 1.87. The molecule has 0 saturated carbocycles. The maximum Gasteiger partial charge on any atom is 0.411 e. The molecule has 0 saturated heterocycles. The van der Waals surface area contributed by atoms with Crippen molar-refractivity contribution >= 4 is 21.8 Å². The van der Waals surface area contributed by atoms with Crippen LogP contribution in [-0.4, -0.2) is 18.7 Å². The molecule has 0 aliphatic heterocycles. The Kier molecular flexibility index (Phi) is 6.55. The normalized spacial score (nSPS) is 11.4. The largest absolute Gasteiger partial charge is 0.411 e. The number of rotatable bonds is 6. The van der Waals surface area contributed by atoms with Crippen molar-refractivity contribution < 1.29 is 27.1 Å². The number of benzene rings is 2. The zero-order valence-electron chi connectivity index (χ0n) is 12.9. The van der Waals surface area contributed by atoms with Crippen molar-refractivity contribution in [3.8, 4) is 0 Å². The van der Waals surface area contributed by atoms with E-state index in [1.54, 1.807) is 24.3 Å². The summed E-state index contributed by atoms with van der Waals surface area (Å²) in [5.74, 6) is -0.958. The fourth-order valence-electron chi connectivity index (χ4n) is 1.99. The summed E-state index contributed by atoms with van der Waals surface area (Å²) in [6.07, 6.45) is -4.35. The first kappa shape index (κ1) is 19.4. The Bertz CT molecular complexity index is 732.